The van der Waals surface area contributed by atoms with Gasteiger partial charge in [0, 0.05) is 16.3 Å². The standard InChI is InChI=1S/C22H13Cl2N5OS/c23-14-5-8-17(24)16(12-14)22(30)25-15-6-3-13(4-7-15)18-9-10-20-26-27-21(29(20)28-18)19-2-1-11-31-19/h1-12H,(H,25,30). The van der Waals surface area contributed by atoms with Gasteiger partial charge in [-0.1, -0.05) is 41.4 Å². The normalized spacial score (nSPS) is 11.0. The Morgan fingerprint density at radius 2 is 1.81 bits per heavy atom. The average Bonchev–Trinajstić information content (AvgIpc) is 3.45. The van der Waals surface area contributed by atoms with Crippen molar-refractivity contribution in [1.82, 2.24) is 19.8 Å². The summed E-state index contributed by atoms with van der Waals surface area (Å²) in [5, 5.41) is 18.7. The van der Waals surface area contributed by atoms with Crippen LogP contribution >= 0.6 is 34.5 Å². The van der Waals surface area contributed by atoms with E-state index in [0.717, 1.165) is 16.1 Å². The summed E-state index contributed by atoms with van der Waals surface area (Å²) in [7, 11) is 0. The molecule has 3 heterocycles. The summed E-state index contributed by atoms with van der Waals surface area (Å²) >= 11 is 13.7. The summed E-state index contributed by atoms with van der Waals surface area (Å²) in [6.45, 7) is 0. The number of hydrogen-bond acceptors (Lipinski definition) is 5. The third-order valence-electron chi connectivity index (χ3n) is 4.62. The molecule has 6 nitrogen and oxygen atoms in total. The highest BCUT2D eigenvalue weighted by Gasteiger charge is 2.13. The Hall–Kier alpha value is -3.26. The number of nitrogens with one attached hydrogen (secondary N) is 1. The Morgan fingerprint density at radius 1 is 0.968 bits per heavy atom. The highest BCUT2D eigenvalue weighted by molar-refractivity contribution is 7.13. The monoisotopic (exact) mass is 465 g/mol. The molecule has 0 aliphatic carbocycles. The van der Waals surface area contributed by atoms with Gasteiger partial charge in [0.25, 0.3) is 5.91 Å². The van der Waals surface area contributed by atoms with E-state index in [0.29, 0.717) is 32.8 Å². The molecule has 5 aromatic rings. The number of benzene rings is 2. The highest BCUT2D eigenvalue weighted by atomic mass is 35.5. The molecule has 5 rings (SSSR count). The van der Waals surface area contributed by atoms with Gasteiger partial charge in [0.15, 0.2) is 11.5 Å². The first-order chi connectivity index (χ1) is 15.1. The van der Waals surface area contributed by atoms with Crippen molar-refractivity contribution in [2.45, 2.75) is 0 Å². The molecular weight excluding hydrogens is 453 g/mol. The molecule has 0 saturated carbocycles. The second kappa shape index (κ2) is 8.11. The second-order valence-electron chi connectivity index (χ2n) is 6.65. The molecule has 1 amide bonds. The molecule has 2 aromatic carbocycles. The molecule has 0 fully saturated rings. The maximum atomic E-state index is 12.5. The van der Waals surface area contributed by atoms with Crippen LogP contribution in [0.5, 0.6) is 0 Å². The van der Waals surface area contributed by atoms with Gasteiger partial charge in [0.2, 0.25) is 0 Å². The number of rotatable bonds is 4. The van der Waals surface area contributed by atoms with E-state index < -0.39 is 0 Å². The zero-order valence-corrected chi connectivity index (χ0v) is 18.1. The Labute approximate surface area is 191 Å². The van der Waals surface area contributed by atoms with Crippen LogP contribution in [-0.4, -0.2) is 25.7 Å². The van der Waals surface area contributed by atoms with E-state index in [9.17, 15) is 4.79 Å². The minimum Gasteiger partial charge on any atom is -0.322 e. The van der Waals surface area contributed by atoms with E-state index >= 15 is 0 Å². The maximum Gasteiger partial charge on any atom is 0.257 e. The summed E-state index contributed by atoms with van der Waals surface area (Å²) in [4.78, 5) is 13.5. The zero-order valence-electron chi connectivity index (χ0n) is 15.8. The fourth-order valence-electron chi connectivity index (χ4n) is 3.10. The van der Waals surface area contributed by atoms with Crippen LogP contribution in [0, 0.1) is 0 Å². The number of amides is 1. The van der Waals surface area contributed by atoms with Crippen LogP contribution in [0.15, 0.2) is 72.1 Å². The van der Waals surface area contributed by atoms with Crippen LogP contribution in [0.1, 0.15) is 10.4 Å². The van der Waals surface area contributed by atoms with Crippen molar-refractivity contribution in [1.29, 1.82) is 0 Å². The highest BCUT2D eigenvalue weighted by Crippen LogP contribution is 2.26. The number of fused-ring (bicyclic) bond motifs is 1. The minimum atomic E-state index is -0.329. The summed E-state index contributed by atoms with van der Waals surface area (Å²) in [5.41, 5.74) is 3.29. The molecule has 0 bridgehead atoms. The van der Waals surface area contributed by atoms with Crippen LogP contribution < -0.4 is 5.32 Å². The number of anilines is 1. The number of hydrogen-bond donors (Lipinski definition) is 1. The van der Waals surface area contributed by atoms with Crippen molar-refractivity contribution >= 4 is 51.8 Å². The quantitative estimate of drug-likeness (QED) is 0.349. The molecule has 0 spiro atoms. The summed E-state index contributed by atoms with van der Waals surface area (Å²) in [5.74, 6) is 0.374. The van der Waals surface area contributed by atoms with Crippen LogP contribution in [0.25, 0.3) is 27.6 Å². The molecule has 3 aromatic heterocycles. The average molecular weight is 466 g/mol. The largest absolute Gasteiger partial charge is 0.322 e. The molecule has 1 N–H and O–H groups in total. The van der Waals surface area contributed by atoms with Gasteiger partial charge in [-0.25, -0.2) is 0 Å². The lowest BCUT2D eigenvalue weighted by atomic mass is 10.1. The molecule has 0 atom stereocenters. The number of carbonyl (C=O) groups excluding carboxylic acids is 1. The first-order valence-electron chi connectivity index (χ1n) is 9.22. The molecule has 0 aliphatic heterocycles. The van der Waals surface area contributed by atoms with E-state index in [-0.39, 0.29) is 5.91 Å². The van der Waals surface area contributed by atoms with Gasteiger partial charge in [0.1, 0.15) is 0 Å². The second-order valence-corrected chi connectivity index (χ2v) is 8.44. The number of thiophene rings is 1. The van der Waals surface area contributed by atoms with Gasteiger partial charge in [-0.05, 0) is 53.9 Å². The lowest BCUT2D eigenvalue weighted by molar-refractivity contribution is 0.102. The Bertz CT molecular complexity index is 1400. The summed E-state index contributed by atoms with van der Waals surface area (Å²) < 4.78 is 1.73. The van der Waals surface area contributed by atoms with Crippen molar-refractivity contribution in [2.75, 3.05) is 5.32 Å². The van der Waals surface area contributed by atoms with Crippen LogP contribution in [-0.2, 0) is 0 Å². The lowest BCUT2D eigenvalue weighted by Crippen LogP contribution is -2.12. The summed E-state index contributed by atoms with van der Waals surface area (Å²) in [6, 6.07) is 19.9. The molecule has 31 heavy (non-hydrogen) atoms. The first-order valence-corrected chi connectivity index (χ1v) is 10.9. The maximum absolute atomic E-state index is 12.5. The molecular formula is C22H13Cl2N5OS. The Kier molecular flexibility index (Phi) is 5.15. The first kappa shape index (κ1) is 19.7. The topological polar surface area (TPSA) is 72.2 Å². The Morgan fingerprint density at radius 3 is 2.58 bits per heavy atom. The van der Waals surface area contributed by atoms with Gasteiger partial charge in [-0.2, -0.15) is 9.61 Å². The molecule has 9 heteroatoms. The number of aromatic nitrogens is 4. The van der Waals surface area contributed by atoms with Gasteiger partial charge >= 0.3 is 0 Å². The zero-order chi connectivity index (χ0) is 21.4. The van der Waals surface area contributed by atoms with Crippen molar-refractivity contribution in [2.24, 2.45) is 0 Å². The number of nitrogens with zero attached hydrogens (tertiary/aromatic N) is 4. The van der Waals surface area contributed by atoms with Crippen molar-refractivity contribution in [3.63, 3.8) is 0 Å². The fourth-order valence-corrected chi connectivity index (χ4v) is 4.17. The lowest BCUT2D eigenvalue weighted by Gasteiger charge is -2.08. The molecule has 0 saturated heterocycles. The number of halogens is 2. The van der Waals surface area contributed by atoms with Crippen molar-refractivity contribution in [3.05, 3.63) is 87.7 Å². The van der Waals surface area contributed by atoms with Crippen molar-refractivity contribution < 1.29 is 4.79 Å². The molecule has 0 unspecified atom stereocenters. The van der Waals surface area contributed by atoms with Crippen LogP contribution in [0.4, 0.5) is 5.69 Å². The SMILES string of the molecule is O=C(Nc1ccc(-c2ccc3nnc(-c4cccs4)n3n2)cc1)c1cc(Cl)ccc1Cl. The van der Waals surface area contributed by atoms with Crippen molar-refractivity contribution in [3.8, 4) is 22.0 Å². The predicted octanol–water partition coefficient (Wildman–Crippen LogP) is 6.08. The van der Waals surface area contributed by atoms with Gasteiger partial charge < -0.3 is 5.32 Å². The van der Waals surface area contributed by atoms with E-state index in [1.807, 2.05) is 53.9 Å². The minimum absolute atomic E-state index is 0.319. The van der Waals surface area contributed by atoms with E-state index in [2.05, 4.69) is 15.5 Å². The fraction of sp³-hybridized carbons (Fsp3) is 0. The molecule has 152 valence electrons. The smallest absolute Gasteiger partial charge is 0.257 e. The third-order valence-corrected chi connectivity index (χ3v) is 6.05. The predicted molar refractivity (Wildman–Crippen MR) is 124 cm³/mol. The van der Waals surface area contributed by atoms with E-state index in [1.165, 1.54) is 6.07 Å². The molecule has 0 aliphatic rings. The van der Waals surface area contributed by atoms with Crippen LogP contribution in [0.2, 0.25) is 10.0 Å². The summed E-state index contributed by atoms with van der Waals surface area (Å²) in [6.07, 6.45) is 0. The third kappa shape index (κ3) is 3.90. The molecule has 0 radical (unpaired) electrons. The number of carbonyl (C=O) groups is 1. The van der Waals surface area contributed by atoms with Crippen LogP contribution in [0.3, 0.4) is 0 Å². The van der Waals surface area contributed by atoms with E-state index in [4.69, 9.17) is 28.3 Å². The van der Waals surface area contributed by atoms with Gasteiger partial charge in [-0.15, -0.1) is 21.5 Å². The van der Waals surface area contributed by atoms with Gasteiger partial charge in [-0.3, -0.25) is 4.79 Å². The van der Waals surface area contributed by atoms with Gasteiger partial charge in [0.05, 0.1) is 21.2 Å². The Balaban J connectivity index is 1.41. The van der Waals surface area contributed by atoms with E-state index in [1.54, 1.807) is 28.0 Å².